The zero-order chi connectivity index (χ0) is 28.5. The minimum Gasteiger partial charge on any atom is -0.192 e. The van der Waals surface area contributed by atoms with Crippen LogP contribution in [0.1, 0.15) is 22.3 Å². The Morgan fingerprint density at radius 2 is 0.690 bits per heavy atom. The van der Waals surface area contributed by atoms with E-state index in [0.717, 1.165) is 65.3 Å². The zero-order valence-corrected chi connectivity index (χ0v) is 22.8. The van der Waals surface area contributed by atoms with Crippen LogP contribution in [0.3, 0.4) is 0 Å². The summed E-state index contributed by atoms with van der Waals surface area (Å²) in [6, 6.07) is 50.1. The third-order valence-corrected chi connectivity index (χ3v) is 7.95. The van der Waals surface area contributed by atoms with Gasteiger partial charge in [-0.05, 0) is 89.6 Å². The van der Waals surface area contributed by atoms with Crippen LogP contribution in [0.5, 0.6) is 0 Å². The van der Waals surface area contributed by atoms with Gasteiger partial charge in [-0.15, -0.1) is 0 Å². The van der Waals surface area contributed by atoms with E-state index in [4.69, 9.17) is 0 Å². The predicted octanol–water partition coefficient (Wildman–Crippen LogP) is 10.4. The summed E-state index contributed by atoms with van der Waals surface area (Å²) in [4.78, 5) is 0. The first-order chi connectivity index (χ1) is 20.7. The Labute approximate surface area is 244 Å². The number of nitriles is 2. The molecule has 0 aliphatic rings. The van der Waals surface area contributed by atoms with Crippen LogP contribution >= 0.6 is 0 Å². The molecule has 42 heavy (non-hydrogen) atoms. The van der Waals surface area contributed by atoms with E-state index in [2.05, 4.69) is 72.8 Å². The fraction of sp³-hybridized carbons (Fsp3) is 0. The molecule has 2 heteroatoms. The summed E-state index contributed by atoms with van der Waals surface area (Å²) >= 11 is 0. The van der Waals surface area contributed by atoms with Crippen LogP contribution in [0.2, 0.25) is 0 Å². The Hall–Kier alpha value is -5.96. The Bertz CT molecular complexity index is 2030. The molecule has 0 aliphatic carbocycles. The van der Waals surface area contributed by atoms with Crippen molar-refractivity contribution in [2.45, 2.75) is 0 Å². The van der Waals surface area contributed by atoms with Crippen LogP contribution < -0.4 is 0 Å². The summed E-state index contributed by atoms with van der Waals surface area (Å²) in [6.45, 7) is 0. The van der Waals surface area contributed by atoms with Crippen molar-refractivity contribution in [1.29, 1.82) is 10.5 Å². The summed E-state index contributed by atoms with van der Waals surface area (Å²) < 4.78 is 0. The van der Waals surface area contributed by atoms with Crippen molar-refractivity contribution in [1.82, 2.24) is 0 Å². The molecule has 0 amide bonds. The van der Waals surface area contributed by atoms with E-state index in [0.29, 0.717) is 11.1 Å². The van der Waals surface area contributed by atoms with Crippen LogP contribution in [-0.4, -0.2) is 0 Å². The van der Waals surface area contributed by atoms with Crippen LogP contribution in [0, 0.1) is 22.7 Å². The molecule has 7 rings (SSSR count). The molecule has 0 radical (unpaired) electrons. The molecule has 0 aliphatic heterocycles. The van der Waals surface area contributed by atoms with E-state index in [-0.39, 0.29) is 0 Å². The molecule has 0 aromatic heterocycles. The van der Waals surface area contributed by atoms with E-state index in [1.807, 2.05) is 84.9 Å². The van der Waals surface area contributed by atoms with Gasteiger partial charge in [-0.1, -0.05) is 121 Å². The molecule has 0 saturated heterocycles. The fourth-order valence-corrected chi connectivity index (χ4v) is 5.89. The SMILES string of the molecule is N#CC(=Cc1c2ccccc2cc2ccccc12)c1ccc(C(C#N)=Cc2c3ccccc3cc3ccccc23)cc1. The third-order valence-electron chi connectivity index (χ3n) is 7.95. The minimum absolute atomic E-state index is 0.575. The number of rotatable bonds is 4. The lowest BCUT2D eigenvalue weighted by atomic mass is 9.92. The van der Waals surface area contributed by atoms with E-state index in [9.17, 15) is 10.5 Å². The molecule has 0 N–H and O–H groups in total. The van der Waals surface area contributed by atoms with Gasteiger partial charge in [0.1, 0.15) is 0 Å². The zero-order valence-electron chi connectivity index (χ0n) is 22.8. The highest BCUT2D eigenvalue weighted by atomic mass is 14.3. The predicted molar refractivity (Wildman–Crippen MR) is 176 cm³/mol. The minimum atomic E-state index is 0.575. The normalized spacial score (nSPS) is 12.0. The number of benzene rings is 7. The number of hydrogen-bond donors (Lipinski definition) is 0. The van der Waals surface area contributed by atoms with Crippen molar-refractivity contribution < 1.29 is 0 Å². The molecule has 0 unspecified atom stereocenters. The molecule has 0 saturated carbocycles. The van der Waals surface area contributed by atoms with Gasteiger partial charge in [0.15, 0.2) is 0 Å². The molecule has 0 heterocycles. The molecule has 2 nitrogen and oxygen atoms in total. The van der Waals surface area contributed by atoms with E-state index in [1.165, 1.54) is 0 Å². The average Bonchev–Trinajstić information content (AvgIpc) is 3.05. The number of fused-ring (bicyclic) bond motifs is 4. The highest BCUT2D eigenvalue weighted by Crippen LogP contribution is 2.34. The molecule has 0 atom stereocenters. The van der Waals surface area contributed by atoms with E-state index >= 15 is 0 Å². The number of hydrogen-bond acceptors (Lipinski definition) is 2. The first-order valence-corrected chi connectivity index (χ1v) is 13.9. The number of allylic oxidation sites excluding steroid dienone is 2. The molecule has 7 aromatic rings. The second-order valence-corrected chi connectivity index (χ2v) is 10.4. The molecular formula is C40H24N2. The van der Waals surface area contributed by atoms with Crippen molar-refractivity contribution >= 4 is 66.4 Å². The fourth-order valence-electron chi connectivity index (χ4n) is 5.89. The molecule has 0 spiro atoms. The summed E-state index contributed by atoms with van der Waals surface area (Å²) in [6.07, 6.45) is 3.98. The standard InChI is InChI=1S/C40H24N2/c41-25-33(23-39-35-13-5-1-9-29(35)21-30-10-2-6-14-36(30)39)27-17-19-28(20-18-27)34(26-42)24-40-37-15-7-3-11-31(37)22-32-12-4-8-16-38(32)40/h1-24H. The van der Waals surface area contributed by atoms with Crippen molar-refractivity contribution in [3.63, 3.8) is 0 Å². The summed E-state index contributed by atoms with van der Waals surface area (Å²) in [5.74, 6) is 0. The Kier molecular flexibility index (Phi) is 6.29. The van der Waals surface area contributed by atoms with Crippen molar-refractivity contribution in [2.75, 3.05) is 0 Å². The van der Waals surface area contributed by atoms with Gasteiger partial charge in [0.25, 0.3) is 0 Å². The highest BCUT2D eigenvalue weighted by molar-refractivity contribution is 6.11. The maximum atomic E-state index is 10.2. The average molecular weight is 533 g/mol. The second-order valence-electron chi connectivity index (χ2n) is 10.4. The third kappa shape index (κ3) is 4.39. The quantitative estimate of drug-likeness (QED) is 0.129. The van der Waals surface area contributed by atoms with Gasteiger partial charge in [0, 0.05) is 0 Å². The monoisotopic (exact) mass is 532 g/mol. The first-order valence-electron chi connectivity index (χ1n) is 13.9. The van der Waals surface area contributed by atoms with Gasteiger partial charge in [0.05, 0.1) is 23.3 Å². The molecule has 194 valence electrons. The van der Waals surface area contributed by atoms with Gasteiger partial charge in [-0.3, -0.25) is 0 Å². The summed E-state index contributed by atoms with van der Waals surface area (Å²) in [7, 11) is 0. The lowest BCUT2D eigenvalue weighted by Gasteiger charge is -2.10. The Morgan fingerprint density at radius 1 is 0.405 bits per heavy atom. The van der Waals surface area contributed by atoms with Gasteiger partial charge in [-0.2, -0.15) is 10.5 Å². The Balaban J connectivity index is 1.33. The van der Waals surface area contributed by atoms with Gasteiger partial charge < -0.3 is 0 Å². The molecule has 7 aromatic carbocycles. The van der Waals surface area contributed by atoms with Crippen molar-refractivity contribution in [3.05, 3.63) is 156 Å². The summed E-state index contributed by atoms with van der Waals surface area (Å²) in [5, 5.41) is 29.4. The van der Waals surface area contributed by atoms with Crippen LogP contribution in [0.25, 0.3) is 66.4 Å². The van der Waals surface area contributed by atoms with E-state index < -0.39 is 0 Å². The Morgan fingerprint density at radius 3 is 0.976 bits per heavy atom. The molecular weight excluding hydrogens is 508 g/mol. The second kappa shape index (κ2) is 10.5. The van der Waals surface area contributed by atoms with Crippen LogP contribution in [0.15, 0.2) is 133 Å². The van der Waals surface area contributed by atoms with Gasteiger partial charge in [0.2, 0.25) is 0 Å². The number of nitrogens with zero attached hydrogens (tertiary/aromatic N) is 2. The lowest BCUT2D eigenvalue weighted by Crippen LogP contribution is -1.89. The molecule has 0 fully saturated rings. The van der Waals surface area contributed by atoms with Crippen molar-refractivity contribution in [3.8, 4) is 12.1 Å². The lowest BCUT2D eigenvalue weighted by molar-refractivity contribution is 1.50. The van der Waals surface area contributed by atoms with Crippen molar-refractivity contribution in [2.24, 2.45) is 0 Å². The maximum Gasteiger partial charge on any atom is 0.0998 e. The largest absolute Gasteiger partial charge is 0.192 e. The molecule has 0 bridgehead atoms. The topological polar surface area (TPSA) is 47.6 Å². The first kappa shape index (κ1) is 25.0. The van der Waals surface area contributed by atoms with Crippen LogP contribution in [-0.2, 0) is 0 Å². The maximum absolute atomic E-state index is 10.2. The highest BCUT2D eigenvalue weighted by Gasteiger charge is 2.11. The van der Waals surface area contributed by atoms with Crippen LogP contribution in [0.4, 0.5) is 0 Å². The van der Waals surface area contributed by atoms with E-state index in [1.54, 1.807) is 0 Å². The van der Waals surface area contributed by atoms with Gasteiger partial charge in [-0.25, -0.2) is 0 Å². The summed E-state index contributed by atoms with van der Waals surface area (Å²) in [5.41, 5.74) is 4.84. The van der Waals surface area contributed by atoms with Gasteiger partial charge >= 0.3 is 0 Å². The smallest absolute Gasteiger partial charge is 0.0998 e.